The summed E-state index contributed by atoms with van der Waals surface area (Å²) >= 11 is 0. The first-order chi connectivity index (χ1) is 9.15. The molecule has 0 bridgehead atoms. The molecule has 0 atom stereocenters. The van der Waals surface area contributed by atoms with E-state index in [1.165, 1.54) is 19.2 Å². The zero-order valence-corrected chi connectivity index (χ0v) is 10.6. The Balaban J connectivity index is 2.37. The minimum atomic E-state index is -0.555. The molecule has 0 saturated carbocycles. The Bertz CT molecular complexity index is 591. The van der Waals surface area contributed by atoms with Crippen LogP contribution >= 0.6 is 0 Å². The predicted octanol–water partition coefficient (Wildman–Crippen LogP) is 3.29. The molecule has 0 heterocycles. The molecule has 3 nitrogen and oxygen atoms in total. The molecule has 0 aliphatic rings. The van der Waals surface area contributed by atoms with Crippen molar-refractivity contribution >= 4 is 5.97 Å². The highest BCUT2D eigenvalue weighted by molar-refractivity contribution is 5.90. The summed E-state index contributed by atoms with van der Waals surface area (Å²) in [5.41, 5.74) is 1.34. The van der Waals surface area contributed by atoms with Crippen LogP contribution < -0.4 is 4.74 Å². The summed E-state index contributed by atoms with van der Waals surface area (Å²) in [4.78, 5) is 11.3. The second-order valence-electron chi connectivity index (χ2n) is 3.91. The van der Waals surface area contributed by atoms with Gasteiger partial charge in [-0.1, -0.05) is 18.2 Å². The lowest BCUT2D eigenvalue weighted by molar-refractivity contribution is 0.0600. The number of hydrogen-bond acceptors (Lipinski definition) is 3. The van der Waals surface area contributed by atoms with Gasteiger partial charge in [0.2, 0.25) is 0 Å². The van der Waals surface area contributed by atoms with Gasteiger partial charge in [-0.25, -0.2) is 9.18 Å². The molecular weight excluding hydrogens is 247 g/mol. The summed E-state index contributed by atoms with van der Waals surface area (Å²) in [6.07, 6.45) is 0. The van der Waals surface area contributed by atoms with Crippen molar-refractivity contribution in [3.63, 3.8) is 0 Å². The van der Waals surface area contributed by atoms with Crippen LogP contribution in [0.1, 0.15) is 10.4 Å². The number of ether oxygens (including phenoxy) is 2. The van der Waals surface area contributed by atoms with E-state index in [4.69, 9.17) is 4.74 Å². The lowest BCUT2D eigenvalue weighted by Gasteiger charge is -2.06. The molecule has 0 fully saturated rings. The van der Waals surface area contributed by atoms with Crippen molar-refractivity contribution in [3.05, 3.63) is 53.8 Å². The number of esters is 1. The van der Waals surface area contributed by atoms with Gasteiger partial charge in [-0.05, 0) is 29.8 Å². The van der Waals surface area contributed by atoms with Crippen LogP contribution in [0, 0.1) is 5.82 Å². The Morgan fingerprint density at radius 1 is 1.05 bits per heavy atom. The van der Waals surface area contributed by atoms with E-state index in [1.54, 1.807) is 37.4 Å². The van der Waals surface area contributed by atoms with E-state index in [0.29, 0.717) is 11.3 Å². The maximum absolute atomic E-state index is 14.0. The van der Waals surface area contributed by atoms with E-state index in [1.807, 2.05) is 0 Å². The highest BCUT2D eigenvalue weighted by Gasteiger charge is 2.11. The second-order valence-corrected chi connectivity index (χ2v) is 3.91. The molecule has 19 heavy (non-hydrogen) atoms. The van der Waals surface area contributed by atoms with E-state index >= 15 is 0 Å². The van der Waals surface area contributed by atoms with Crippen LogP contribution in [0.3, 0.4) is 0 Å². The predicted molar refractivity (Wildman–Crippen MR) is 69.7 cm³/mol. The van der Waals surface area contributed by atoms with Gasteiger partial charge in [0, 0.05) is 5.56 Å². The number of carbonyl (C=O) groups excluding carboxylic acids is 1. The van der Waals surface area contributed by atoms with Gasteiger partial charge in [-0.15, -0.1) is 0 Å². The summed E-state index contributed by atoms with van der Waals surface area (Å²) in [5.74, 6) is -0.316. The van der Waals surface area contributed by atoms with E-state index in [9.17, 15) is 9.18 Å². The second kappa shape index (κ2) is 5.52. The largest absolute Gasteiger partial charge is 0.497 e. The maximum atomic E-state index is 14.0. The molecular formula is C15H13FO3. The quantitative estimate of drug-likeness (QED) is 0.794. The summed E-state index contributed by atoms with van der Waals surface area (Å²) in [5, 5.41) is 0. The topological polar surface area (TPSA) is 35.5 Å². The molecule has 2 rings (SSSR count). The molecule has 0 amide bonds. The first-order valence-electron chi connectivity index (χ1n) is 5.68. The SMILES string of the molecule is COC(=O)c1ccc(-c2ccc(OC)cc2)c(F)c1. The van der Waals surface area contributed by atoms with E-state index in [-0.39, 0.29) is 5.56 Å². The van der Waals surface area contributed by atoms with Gasteiger partial charge in [-0.3, -0.25) is 0 Å². The van der Waals surface area contributed by atoms with Crippen molar-refractivity contribution in [1.82, 2.24) is 0 Å². The van der Waals surface area contributed by atoms with Gasteiger partial charge in [0.25, 0.3) is 0 Å². The summed E-state index contributed by atoms with van der Waals surface area (Å²) < 4.78 is 23.6. The molecule has 0 spiro atoms. The Labute approximate surface area is 110 Å². The fraction of sp³-hybridized carbons (Fsp3) is 0.133. The minimum absolute atomic E-state index is 0.192. The van der Waals surface area contributed by atoms with Gasteiger partial charge in [0.1, 0.15) is 11.6 Å². The molecule has 0 N–H and O–H groups in total. The summed E-state index contributed by atoms with van der Waals surface area (Å²) in [7, 11) is 2.83. The fourth-order valence-electron chi connectivity index (χ4n) is 1.76. The first kappa shape index (κ1) is 13.1. The smallest absolute Gasteiger partial charge is 0.337 e. The summed E-state index contributed by atoms with van der Waals surface area (Å²) in [6.45, 7) is 0. The number of halogens is 1. The van der Waals surface area contributed by atoms with Crippen molar-refractivity contribution in [2.45, 2.75) is 0 Å². The molecule has 0 saturated heterocycles. The molecule has 4 heteroatoms. The van der Waals surface area contributed by atoms with E-state index in [2.05, 4.69) is 4.74 Å². The maximum Gasteiger partial charge on any atom is 0.337 e. The molecule has 2 aromatic rings. The van der Waals surface area contributed by atoms with Crippen LogP contribution in [0.5, 0.6) is 5.75 Å². The molecule has 98 valence electrons. The van der Waals surface area contributed by atoms with E-state index < -0.39 is 11.8 Å². The van der Waals surface area contributed by atoms with Crippen LogP contribution in [0.15, 0.2) is 42.5 Å². The third-order valence-corrected chi connectivity index (χ3v) is 2.79. The number of methoxy groups -OCH3 is 2. The van der Waals surface area contributed by atoms with Gasteiger partial charge in [0.15, 0.2) is 0 Å². The Morgan fingerprint density at radius 2 is 1.74 bits per heavy atom. The number of rotatable bonds is 3. The van der Waals surface area contributed by atoms with Crippen LogP contribution in [-0.2, 0) is 4.74 Å². The van der Waals surface area contributed by atoms with Crippen LogP contribution in [0.2, 0.25) is 0 Å². The van der Waals surface area contributed by atoms with Gasteiger partial charge in [0.05, 0.1) is 19.8 Å². The highest BCUT2D eigenvalue weighted by atomic mass is 19.1. The van der Waals surface area contributed by atoms with Gasteiger partial charge < -0.3 is 9.47 Å². The van der Waals surface area contributed by atoms with Crippen molar-refractivity contribution < 1.29 is 18.7 Å². The van der Waals surface area contributed by atoms with Crippen molar-refractivity contribution in [2.24, 2.45) is 0 Å². The lowest BCUT2D eigenvalue weighted by Crippen LogP contribution is -2.01. The van der Waals surface area contributed by atoms with Gasteiger partial charge >= 0.3 is 5.97 Å². The number of carbonyl (C=O) groups is 1. The van der Waals surface area contributed by atoms with Crippen molar-refractivity contribution in [3.8, 4) is 16.9 Å². The average Bonchev–Trinajstić information content (AvgIpc) is 2.46. The first-order valence-corrected chi connectivity index (χ1v) is 5.68. The molecule has 2 aromatic carbocycles. The number of hydrogen-bond donors (Lipinski definition) is 0. The average molecular weight is 260 g/mol. The zero-order valence-electron chi connectivity index (χ0n) is 10.6. The Kier molecular flexibility index (Phi) is 3.80. The minimum Gasteiger partial charge on any atom is -0.497 e. The standard InChI is InChI=1S/C15H13FO3/c1-18-12-6-3-10(4-7-12)13-8-5-11(9-14(13)16)15(17)19-2/h3-9H,1-2H3. The van der Waals surface area contributed by atoms with Crippen molar-refractivity contribution in [2.75, 3.05) is 14.2 Å². The molecule has 0 aliphatic carbocycles. The van der Waals surface area contributed by atoms with Crippen LogP contribution in [0.25, 0.3) is 11.1 Å². The monoisotopic (exact) mass is 260 g/mol. The molecule has 0 unspecified atom stereocenters. The van der Waals surface area contributed by atoms with Crippen LogP contribution in [0.4, 0.5) is 4.39 Å². The third kappa shape index (κ3) is 2.73. The molecule has 0 radical (unpaired) electrons. The fourth-order valence-corrected chi connectivity index (χ4v) is 1.76. The Hall–Kier alpha value is -2.36. The highest BCUT2D eigenvalue weighted by Crippen LogP contribution is 2.25. The molecule has 0 aliphatic heterocycles. The molecule has 0 aromatic heterocycles. The van der Waals surface area contributed by atoms with Crippen LogP contribution in [-0.4, -0.2) is 20.2 Å². The zero-order chi connectivity index (χ0) is 13.8. The lowest BCUT2D eigenvalue weighted by atomic mass is 10.0. The van der Waals surface area contributed by atoms with Gasteiger partial charge in [-0.2, -0.15) is 0 Å². The normalized spacial score (nSPS) is 10.1. The van der Waals surface area contributed by atoms with Crippen molar-refractivity contribution in [1.29, 1.82) is 0 Å². The van der Waals surface area contributed by atoms with E-state index in [0.717, 1.165) is 5.56 Å². The summed E-state index contributed by atoms with van der Waals surface area (Å²) in [6, 6.07) is 11.3. The number of benzene rings is 2. The Morgan fingerprint density at radius 3 is 2.26 bits per heavy atom. The third-order valence-electron chi connectivity index (χ3n) is 2.79.